The van der Waals surface area contributed by atoms with E-state index in [0.29, 0.717) is 17.9 Å². The molecule has 0 radical (unpaired) electrons. The molecule has 0 bridgehead atoms. The maximum Gasteiger partial charge on any atom is 0.122 e. The predicted molar refractivity (Wildman–Crippen MR) is 124 cm³/mol. The molecule has 0 spiro atoms. The molecule has 2 heteroatoms. The molecule has 2 nitrogen and oxygen atoms in total. The van der Waals surface area contributed by atoms with E-state index in [0.717, 1.165) is 35.1 Å². The van der Waals surface area contributed by atoms with Crippen LogP contribution in [0.3, 0.4) is 0 Å². The van der Waals surface area contributed by atoms with Crippen molar-refractivity contribution < 1.29 is 10.2 Å². The summed E-state index contributed by atoms with van der Waals surface area (Å²) in [5.74, 6) is 0.918. The van der Waals surface area contributed by atoms with Crippen molar-refractivity contribution in [2.24, 2.45) is 0 Å². The molecule has 0 saturated carbocycles. The maximum absolute atomic E-state index is 11.1. The van der Waals surface area contributed by atoms with E-state index in [1.807, 2.05) is 0 Å². The van der Waals surface area contributed by atoms with Crippen molar-refractivity contribution in [1.82, 2.24) is 0 Å². The van der Waals surface area contributed by atoms with Crippen molar-refractivity contribution in [3.05, 3.63) is 57.6 Å². The zero-order valence-electron chi connectivity index (χ0n) is 19.9. The fourth-order valence-electron chi connectivity index (χ4n) is 4.00. The molecule has 0 heterocycles. The Labute approximate surface area is 178 Å². The van der Waals surface area contributed by atoms with Crippen LogP contribution in [0.1, 0.15) is 102 Å². The molecule has 1 unspecified atom stereocenters. The first-order chi connectivity index (χ1) is 13.3. The third kappa shape index (κ3) is 5.15. The lowest BCUT2D eigenvalue weighted by atomic mass is 9.79. The molecule has 160 valence electrons. The summed E-state index contributed by atoms with van der Waals surface area (Å²) in [4.78, 5) is 0. The van der Waals surface area contributed by atoms with Crippen molar-refractivity contribution in [3.8, 4) is 11.5 Å². The number of phenolic OH excluding ortho intramolecular Hbond substituents is 2. The lowest BCUT2D eigenvalue weighted by molar-refractivity contribution is 0.429. The van der Waals surface area contributed by atoms with E-state index < -0.39 is 0 Å². The van der Waals surface area contributed by atoms with Crippen LogP contribution in [0.2, 0.25) is 0 Å². The van der Waals surface area contributed by atoms with Crippen molar-refractivity contribution in [2.75, 3.05) is 0 Å². The molecule has 2 aromatic carbocycles. The first-order valence-electron chi connectivity index (χ1n) is 11.0. The van der Waals surface area contributed by atoms with Crippen molar-refractivity contribution in [3.63, 3.8) is 0 Å². The number of phenols is 2. The number of aryl methyl sites for hydroxylation is 2. The van der Waals surface area contributed by atoms with Gasteiger partial charge in [0.15, 0.2) is 0 Å². The van der Waals surface area contributed by atoms with Crippen LogP contribution < -0.4 is 0 Å². The molecule has 2 N–H and O–H groups in total. The fourth-order valence-corrected chi connectivity index (χ4v) is 4.00. The third-order valence-electron chi connectivity index (χ3n) is 5.94. The Morgan fingerprint density at radius 2 is 1.17 bits per heavy atom. The summed E-state index contributed by atoms with van der Waals surface area (Å²) in [7, 11) is 0. The molecule has 0 saturated heterocycles. The summed E-state index contributed by atoms with van der Waals surface area (Å²) in [6.07, 6.45) is 2.58. The minimum Gasteiger partial charge on any atom is -0.507 e. The largest absolute Gasteiger partial charge is 0.507 e. The number of aromatic hydroxyl groups is 2. The Hall–Kier alpha value is -1.96. The van der Waals surface area contributed by atoms with Gasteiger partial charge in [0.25, 0.3) is 0 Å². The molecule has 0 aliphatic rings. The van der Waals surface area contributed by atoms with Crippen LogP contribution in [0.4, 0.5) is 0 Å². The van der Waals surface area contributed by atoms with Crippen LogP contribution in [0.15, 0.2) is 24.3 Å². The van der Waals surface area contributed by atoms with Gasteiger partial charge in [-0.15, -0.1) is 0 Å². The molecule has 2 aromatic rings. The number of hydrogen-bond acceptors (Lipinski definition) is 2. The predicted octanol–water partition coefficient (Wildman–Crippen LogP) is 7.16. The summed E-state index contributed by atoms with van der Waals surface area (Å²) in [6.45, 7) is 19.3. The van der Waals surface area contributed by atoms with Crippen molar-refractivity contribution in [2.45, 2.75) is 98.3 Å². The molecule has 2 rings (SSSR count). The zero-order chi connectivity index (χ0) is 22.1. The monoisotopic (exact) mass is 396 g/mol. The second kappa shape index (κ2) is 8.42. The van der Waals surface area contributed by atoms with Gasteiger partial charge >= 0.3 is 0 Å². The van der Waals surface area contributed by atoms with E-state index in [1.54, 1.807) is 0 Å². The van der Waals surface area contributed by atoms with Gasteiger partial charge in [-0.25, -0.2) is 0 Å². The topological polar surface area (TPSA) is 40.5 Å². The number of hydrogen-bond donors (Lipinski definition) is 2. The minimum atomic E-state index is -0.118. The van der Waals surface area contributed by atoms with E-state index in [-0.39, 0.29) is 16.7 Å². The van der Waals surface area contributed by atoms with Crippen molar-refractivity contribution >= 4 is 0 Å². The summed E-state index contributed by atoms with van der Waals surface area (Å²) in [6, 6.07) is 8.54. The van der Waals surface area contributed by atoms with Gasteiger partial charge in [0.1, 0.15) is 11.5 Å². The Balaban J connectivity index is 2.54. The molecule has 0 aliphatic heterocycles. The van der Waals surface area contributed by atoms with Gasteiger partial charge in [0, 0.05) is 0 Å². The Bertz CT molecular complexity index is 864. The zero-order valence-corrected chi connectivity index (χ0v) is 19.9. The first-order valence-corrected chi connectivity index (χ1v) is 11.0. The van der Waals surface area contributed by atoms with Crippen LogP contribution >= 0.6 is 0 Å². The summed E-state index contributed by atoms with van der Waals surface area (Å²) >= 11 is 0. The van der Waals surface area contributed by atoms with E-state index in [1.165, 1.54) is 11.1 Å². The fraction of sp³-hybridized carbons (Fsp3) is 0.556. The lowest BCUT2D eigenvalue weighted by Crippen LogP contribution is -2.15. The molecular weight excluding hydrogens is 356 g/mol. The van der Waals surface area contributed by atoms with Crippen LogP contribution in [-0.4, -0.2) is 10.2 Å². The second-order valence-corrected chi connectivity index (χ2v) is 10.5. The number of benzene rings is 2. The smallest absolute Gasteiger partial charge is 0.122 e. The molecule has 29 heavy (non-hydrogen) atoms. The van der Waals surface area contributed by atoms with Gasteiger partial charge in [0.2, 0.25) is 0 Å². The molecular formula is C27H40O2. The van der Waals surface area contributed by atoms with E-state index in [4.69, 9.17) is 0 Å². The van der Waals surface area contributed by atoms with Crippen LogP contribution in [0, 0.1) is 0 Å². The highest BCUT2D eigenvalue weighted by molar-refractivity contribution is 5.51. The maximum atomic E-state index is 11.1. The average Bonchev–Trinajstić information content (AvgIpc) is 2.61. The van der Waals surface area contributed by atoms with Gasteiger partial charge in [-0.2, -0.15) is 0 Å². The van der Waals surface area contributed by atoms with Gasteiger partial charge in [-0.1, -0.05) is 86.6 Å². The quantitative estimate of drug-likeness (QED) is 0.562. The van der Waals surface area contributed by atoms with E-state index in [2.05, 4.69) is 86.6 Å². The van der Waals surface area contributed by atoms with Crippen molar-refractivity contribution in [1.29, 1.82) is 0 Å². The van der Waals surface area contributed by atoms with Crippen LogP contribution in [0.5, 0.6) is 11.5 Å². The highest BCUT2D eigenvalue weighted by Crippen LogP contribution is 2.41. The summed E-state index contributed by atoms with van der Waals surface area (Å²) in [5, 5.41) is 22.1. The van der Waals surface area contributed by atoms with Crippen LogP contribution in [-0.2, 0) is 30.1 Å². The Kier molecular flexibility index (Phi) is 6.77. The summed E-state index contributed by atoms with van der Waals surface area (Å²) in [5.41, 5.74) is 6.22. The second-order valence-electron chi connectivity index (χ2n) is 10.5. The molecule has 0 aromatic heterocycles. The first kappa shape index (κ1) is 23.3. The van der Waals surface area contributed by atoms with E-state index in [9.17, 15) is 10.2 Å². The number of rotatable bonds is 5. The third-order valence-corrected chi connectivity index (χ3v) is 5.94. The molecule has 1 atom stereocenters. The molecule has 0 aliphatic carbocycles. The van der Waals surface area contributed by atoms with Gasteiger partial charge in [0.05, 0.1) is 0 Å². The molecule has 0 amide bonds. The minimum absolute atomic E-state index is 0.105. The summed E-state index contributed by atoms with van der Waals surface area (Å²) < 4.78 is 0. The normalized spacial score (nSPS) is 13.6. The highest BCUT2D eigenvalue weighted by atomic mass is 16.3. The van der Waals surface area contributed by atoms with Crippen LogP contribution in [0.25, 0.3) is 0 Å². The van der Waals surface area contributed by atoms with Gasteiger partial charge in [-0.05, 0) is 69.4 Å². The Morgan fingerprint density at radius 3 is 1.62 bits per heavy atom. The van der Waals surface area contributed by atoms with Gasteiger partial charge in [-0.3, -0.25) is 0 Å². The molecule has 0 fully saturated rings. The SMILES string of the molecule is CCc1cc(CC(C)c2cc(CC)cc(C(C)(C)C)c2O)c(O)c(C(C)(C)C)c1. The highest BCUT2D eigenvalue weighted by Gasteiger charge is 2.25. The van der Waals surface area contributed by atoms with E-state index >= 15 is 0 Å². The lowest BCUT2D eigenvalue weighted by Gasteiger charge is -2.26. The Morgan fingerprint density at radius 1 is 0.724 bits per heavy atom. The standard InChI is InChI=1S/C27H40O2/c1-10-18-13-20(24(28)22(15-18)26(4,5)6)12-17(3)21-14-19(11-2)16-23(25(21)29)27(7,8)9/h13-17,28-29H,10-12H2,1-9H3. The average molecular weight is 397 g/mol. The van der Waals surface area contributed by atoms with Gasteiger partial charge < -0.3 is 10.2 Å².